The lowest BCUT2D eigenvalue weighted by atomic mass is 9.85. The van der Waals surface area contributed by atoms with Crippen molar-refractivity contribution < 1.29 is 14.4 Å². The van der Waals surface area contributed by atoms with E-state index in [0.717, 1.165) is 9.78 Å². The molecular weight excluding hydrogens is 302 g/mol. The second-order valence-corrected chi connectivity index (χ2v) is 6.88. The number of imide groups is 1. The molecule has 0 radical (unpaired) electrons. The van der Waals surface area contributed by atoms with Gasteiger partial charge in [0.25, 0.3) is 0 Å². The van der Waals surface area contributed by atoms with E-state index in [2.05, 4.69) is 10.3 Å². The molecule has 0 unspecified atom stereocenters. The van der Waals surface area contributed by atoms with Crippen molar-refractivity contribution in [3.8, 4) is 0 Å². The number of carbonyl (C=O) groups is 3. The van der Waals surface area contributed by atoms with Crippen LogP contribution >= 0.6 is 11.3 Å². The van der Waals surface area contributed by atoms with E-state index in [4.69, 9.17) is 0 Å². The molecule has 3 atom stereocenters. The van der Waals surface area contributed by atoms with E-state index < -0.39 is 6.04 Å². The minimum atomic E-state index is -0.824. The van der Waals surface area contributed by atoms with Gasteiger partial charge in [0.1, 0.15) is 6.04 Å². The first-order valence-electron chi connectivity index (χ1n) is 7.24. The van der Waals surface area contributed by atoms with Gasteiger partial charge >= 0.3 is 0 Å². The average molecular weight is 319 g/mol. The second kappa shape index (κ2) is 5.64. The summed E-state index contributed by atoms with van der Waals surface area (Å²) in [6.45, 7) is 3.47. The number of nitrogens with one attached hydrogen (secondary N) is 1. The minimum Gasteiger partial charge on any atom is -0.300 e. The zero-order chi connectivity index (χ0) is 15.9. The van der Waals surface area contributed by atoms with Gasteiger partial charge < -0.3 is 5.32 Å². The van der Waals surface area contributed by atoms with E-state index in [0.29, 0.717) is 18.0 Å². The molecule has 2 aliphatic rings. The van der Waals surface area contributed by atoms with Gasteiger partial charge in [0.2, 0.25) is 17.7 Å². The van der Waals surface area contributed by atoms with Crippen molar-refractivity contribution in [1.29, 1.82) is 0 Å². The molecule has 116 valence electrons. The third kappa shape index (κ3) is 2.45. The SMILES string of the molecule is Cc1cnc(NC(=O)[C@H](C)N2C(=O)[C@@H]3CC=CC[C@H]3C2=O)s1. The number of thiazole rings is 1. The molecule has 1 saturated heterocycles. The number of carbonyl (C=O) groups excluding carboxylic acids is 3. The van der Waals surface area contributed by atoms with Gasteiger partial charge in [0.05, 0.1) is 11.8 Å². The van der Waals surface area contributed by atoms with Gasteiger partial charge in [-0.2, -0.15) is 0 Å². The van der Waals surface area contributed by atoms with Crippen molar-refractivity contribution in [3.05, 3.63) is 23.2 Å². The van der Waals surface area contributed by atoms with Crippen LogP contribution in [0.25, 0.3) is 0 Å². The molecule has 1 N–H and O–H groups in total. The highest BCUT2D eigenvalue weighted by atomic mass is 32.1. The molecule has 1 aliphatic heterocycles. The van der Waals surface area contributed by atoms with E-state index in [-0.39, 0.29) is 29.6 Å². The molecule has 0 aromatic carbocycles. The first-order chi connectivity index (χ1) is 10.5. The highest BCUT2D eigenvalue weighted by Gasteiger charge is 2.50. The highest BCUT2D eigenvalue weighted by molar-refractivity contribution is 7.15. The maximum Gasteiger partial charge on any atom is 0.249 e. The summed E-state index contributed by atoms with van der Waals surface area (Å²) in [5.74, 6) is -1.48. The third-order valence-electron chi connectivity index (χ3n) is 4.16. The van der Waals surface area contributed by atoms with Crippen LogP contribution < -0.4 is 5.32 Å². The van der Waals surface area contributed by atoms with Crippen LogP contribution in [0.5, 0.6) is 0 Å². The monoisotopic (exact) mass is 319 g/mol. The van der Waals surface area contributed by atoms with Gasteiger partial charge in [0.15, 0.2) is 5.13 Å². The highest BCUT2D eigenvalue weighted by Crippen LogP contribution is 2.36. The molecule has 0 spiro atoms. The number of likely N-dealkylation sites (tertiary alicyclic amines) is 1. The Morgan fingerprint density at radius 3 is 2.41 bits per heavy atom. The molecule has 0 saturated carbocycles. The van der Waals surface area contributed by atoms with Gasteiger partial charge in [-0.25, -0.2) is 4.98 Å². The lowest BCUT2D eigenvalue weighted by Crippen LogP contribution is -2.46. The summed E-state index contributed by atoms with van der Waals surface area (Å²) < 4.78 is 0. The first kappa shape index (κ1) is 14.9. The fraction of sp³-hybridized carbons (Fsp3) is 0.467. The summed E-state index contributed by atoms with van der Waals surface area (Å²) in [5, 5.41) is 3.15. The van der Waals surface area contributed by atoms with Crippen molar-refractivity contribution in [1.82, 2.24) is 9.88 Å². The van der Waals surface area contributed by atoms with Gasteiger partial charge in [0, 0.05) is 11.1 Å². The molecule has 1 aromatic rings. The number of hydrogen-bond acceptors (Lipinski definition) is 5. The Kier molecular flexibility index (Phi) is 3.82. The first-order valence-corrected chi connectivity index (χ1v) is 8.06. The number of rotatable bonds is 3. The Morgan fingerprint density at radius 2 is 1.91 bits per heavy atom. The van der Waals surface area contributed by atoms with Crippen molar-refractivity contribution in [2.75, 3.05) is 5.32 Å². The van der Waals surface area contributed by atoms with Crippen LogP contribution in [0.2, 0.25) is 0 Å². The molecule has 1 aliphatic carbocycles. The number of fused-ring (bicyclic) bond motifs is 1. The van der Waals surface area contributed by atoms with Crippen LogP contribution in [0, 0.1) is 18.8 Å². The zero-order valence-electron chi connectivity index (χ0n) is 12.4. The summed E-state index contributed by atoms with van der Waals surface area (Å²) in [5.41, 5.74) is 0. The van der Waals surface area contributed by atoms with Gasteiger partial charge in [-0.3, -0.25) is 19.3 Å². The molecule has 3 rings (SSSR count). The van der Waals surface area contributed by atoms with E-state index in [1.54, 1.807) is 13.1 Å². The van der Waals surface area contributed by atoms with Gasteiger partial charge in [-0.05, 0) is 26.7 Å². The van der Waals surface area contributed by atoms with Gasteiger partial charge in [-0.1, -0.05) is 12.2 Å². The smallest absolute Gasteiger partial charge is 0.249 e. The van der Waals surface area contributed by atoms with Crippen molar-refractivity contribution >= 4 is 34.2 Å². The standard InChI is InChI=1S/C15H17N3O3S/c1-8-7-16-15(22-8)17-12(19)9(2)18-13(20)10-5-3-4-6-11(10)14(18)21/h3-4,7,9-11H,5-6H2,1-2H3,(H,16,17,19)/t9-,10+,11+/m0/s1. The lowest BCUT2D eigenvalue weighted by molar-refractivity contribution is -0.146. The van der Waals surface area contributed by atoms with Crippen LogP contribution in [0.3, 0.4) is 0 Å². The summed E-state index contributed by atoms with van der Waals surface area (Å²) in [4.78, 5) is 43.3. The van der Waals surface area contributed by atoms with Gasteiger partial charge in [-0.15, -0.1) is 11.3 Å². The topological polar surface area (TPSA) is 79.4 Å². The number of allylic oxidation sites excluding steroid dienone is 2. The largest absolute Gasteiger partial charge is 0.300 e. The molecule has 1 aromatic heterocycles. The predicted molar refractivity (Wildman–Crippen MR) is 82.1 cm³/mol. The maximum atomic E-state index is 12.4. The number of amides is 3. The summed E-state index contributed by atoms with van der Waals surface area (Å²) in [6, 6.07) is -0.824. The molecule has 3 amide bonds. The number of aryl methyl sites for hydroxylation is 1. The Morgan fingerprint density at radius 1 is 1.32 bits per heavy atom. The predicted octanol–water partition coefficient (Wildman–Crippen LogP) is 1.73. The molecule has 0 bridgehead atoms. The van der Waals surface area contributed by atoms with Crippen LogP contribution in [-0.2, 0) is 14.4 Å². The van der Waals surface area contributed by atoms with Crippen LogP contribution in [-0.4, -0.2) is 33.6 Å². The normalized spacial score (nSPS) is 25.3. The number of hydrogen-bond donors (Lipinski definition) is 1. The average Bonchev–Trinajstić information content (AvgIpc) is 3.01. The Balaban J connectivity index is 1.74. The fourth-order valence-electron chi connectivity index (χ4n) is 2.95. The number of nitrogens with zero attached hydrogens (tertiary/aromatic N) is 2. The minimum absolute atomic E-state index is 0.239. The van der Waals surface area contributed by atoms with Crippen molar-refractivity contribution in [2.45, 2.75) is 32.7 Å². The second-order valence-electron chi connectivity index (χ2n) is 5.64. The summed E-state index contributed by atoms with van der Waals surface area (Å²) in [6.07, 6.45) is 6.67. The molecule has 22 heavy (non-hydrogen) atoms. The van der Waals surface area contributed by atoms with Crippen LogP contribution in [0.4, 0.5) is 5.13 Å². The maximum absolute atomic E-state index is 12.4. The Labute approximate surface area is 132 Å². The van der Waals surface area contributed by atoms with Crippen LogP contribution in [0.15, 0.2) is 18.3 Å². The van der Waals surface area contributed by atoms with E-state index >= 15 is 0 Å². The fourth-order valence-corrected chi connectivity index (χ4v) is 3.61. The zero-order valence-corrected chi connectivity index (χ0v) is 13.2. The quantitative estimate of drug-likeness (QED) is 0.680. The number of aromatic nitrogens is 1. The summed E-state index contributed by atoms with van der Waals surface area (Å²) in [7, 11) is 0. The van der Waals surface area contributed by atoms with Crippen molar-refractivity contribution in [3.63, 3.8) is 0 Å². The lowest BCUT2D eigenvalue weighted by Gasteiger charge is -2.21. The van der Waals surface area contributed by atoms with E-state index in [9.17, 15) is 14.4 Å². The molecular formula is C15H17N3O3S. The molecule has 7 heteroatoms. The number of anilines is 1. The molecule has 1 fully saturated rings. The van der Waals surface area contributed by atoms with Crippen molar-refractivity contribution in [2.24, 2.45) is 11.8 Å². The van der Waals surface area contributed by atoms with E-state index in [1.165, 1.54) is 11.3 Å². The van der Waals surface area contributed by atoms with Crippen LogP contribution in [0.1, 0.15) is 24.6 Å². The molecule has 2 heterocycles. The Hall–Kier alpha value is -2.02. The summed E-state index contributed by atoms with van der Waals surface area (Å²) >= 11 is 1.36. The molecule has 6 nitrogen and oxygen atoms in total. The Bertz CT molecular complexity index is 641. The van der Waals surface area contributed by atoms with E-state index in [1.807, 2.05) is 19.1 Å². The third-order valence-corrected chi connectivity index (χ3v) is 4.99.